The van der Waals surface area contributed by atoms with Gasteiger partial charge in [-0.25, -0.2) is 0 Å². The summed E-state index contributed by atoms with van der Waals surface area (Å²) in [5.74, 6) is 1.43. The molecule has 1 amide bonds. The van der Waals surface area contributed by atoms with Crippen molar-refractivity contribution in [2.24, 2.45) is 0 Å². The molecule has 2 aromatic rings. The minimum atomic E-state index is -0.164. The van der Waals surface area contributed by atoms with Crippen LogP contribution in [0.4, 0.5) is 0 Å². The van der Waals surface area contributed by atoms with E-state index >= 15 is 0 Å². The highest BCUT2D eigenvalue weighted by Crippen LogP contribution is 2.29. The number of benzene rings is 1. The van der Waals surface area contributed by atoms with Crippen LogP contribution in [0.1, 0.15) is 18.2 Å². The van der Waals surface area contributed by atoms with E-state index in [1.54, 1.807) is 18.4 Å². The van der Waals surface area contributed by atoms with Crippen LogP contribution in [0.3, 0.4) is 0 Å². The first-order valence-corrected chi connectivity index (χ1v) is 7.18. The summed E-state index contributed by atoms with van der Waals surface area (Å²) in [5, 5.41) is 2.77. The van der Waals surface area contributed by atoms with Crippen molar-refractivity contribution < 1.29 is 13.9 Å². The van der Waals surface area contributed by atoms with Crippen molar-refractivity contribution in [3.8, 4) is 5.75 Å². The number of carbonyl (C=O) groups is 1. The van der Waals surface area contributed by atoms with Gasteiger partial charge in [0.15, 0.2) is 0 Å². The number of amides is 1. The lowest BCUT2D eigenvalue weighted by atomic mass is 10.0. The van der Waals surface area contributed by atoms with Gasteiger partial charge < -0.3 is 14.5 Å². The second-order valence-corrected chi connectivity index (χ2v) is 5.07. The van der Waals surface area contributed by atoms with Crippen molar-refractivity contribution in [3.05, 3.63) is 71.7 Å². The van der Waals surface area contributed by atoms with Crippen molar-refractivity contribution in [1.82, 2.24) is 5.32 Å². The molecule has 2 heterocycles. The molecule has 0 saturated carbocycles. The van der Waals surface area contributed by atoms with Crippen LogP contribution in [0.25, 0.3) is 6.08 Å². The molecule has 3 rings (SSSR count). The zero-order valence-electron chi connectivity index (χ0n) is 12.3. The lowest BCUT2D eigenvalue weighted by molar-refractivity contribution is -0.116. The van der Waals surface area contributed by atoms with Crippen molar-refractivity contribution in [2.45, 2.75) is 19.6 Å². The Hall–Kier alpha value is -2.75. The molecule has 1 atom stereocenters. The number of carbonyl (C=O) groups excluding carboxylic acids is 1. The number of ether oxygens (including phenoxy) is 1. The van der Waals surface area contributed by atoms with Crippen LogP contribution in [0, 0.1) is 0 Å². The summed E-state index contributed by atoms with van der Waals surface area (Å²) in [6.07, 6.45) is 6.85. The molecule has 0 aliphatic carbocycles. The van der Waals surface area contributed by atoms with Crippen LogP contribution in [0.2, 0.25) is 0 Å². The zero-order chi connectivity index (χ0) is 15.4. The number of furan rings is 1. The van der Waals surface area contributed by atoms with E-state index in [4.69, 9.17) is 9.15 Å². The lowest BCUT2D eigenvalue weighted by Crippen LogP contribution is -2.21. The molecular formula is C18H17NO3. The molecule has 22 heavy (non-hydrogen) atoms. The fourth-order valence-corrected chi connectivity index (χ4v) is 2.26. The molecule has 0 radical (unpaired) electrons. The number of hydrogen-bond acceptors (Lipinski definition) is 3. The van der Waals surface area contributed by atoms with Gasteiger partial charge in [-0.05, 0) is 42.8 Å². The van der Waals surface area contributed by atoms with Gasteiger partial charge in [0.05, 0.1) is 12.8 Å². The third-order valence-corrected chi connectivity index (χ3v) is 3.46. The Morgan fingerprint density at radius 2 is 2.14 bits per heavy atom. The molecule has 0 spiro atoms. The van der Waals surface area contributed by atoms with Gasteiger partial charge in [-0.15, -0.1) is 0 Å². The number of nitrogens with one attached hydrogen (secondary N) is 1. The summed E-state index contributed by atoms with van der Waals surface area (Å²) < 4.78 is 11.0. The maximum atomic E-state index is 11.8. The summed E-state index contributed by atoms with van der Waals surface area (Å²) in [5.41, 5.74) is 1.99. The van der Waals surface area contributed by atoms with Gasteiger partial charge in [-0.2, -0.15) is 0 Å². The number of rotatable bonds is 4. The van der Waals surface area contributed by atoms with E-state index in [-0.39, 0.29) is 12.0 Å². The van der Waals surface area contributed by atoms with Crippen LogP contribution in [0.15, 0.2) is 64.8 Å². The van der Waals surface area contributed by atoms with E-state index in [2.05, 4.69) is 5.32 Å². The summed E-state index contributed by atoms with van der Waals surface area (Å²) in [7, 11) is 0. The number of fused-ring (bicyclic) bond motifs is 1. The van der Waals surface area contributed by atoms with Crippen molar-refractivity contribution >= 4 is 12.0 Å². The third kappa shape index (κ3) is 3.28. The predicted octanol–water partition coefficient (Wildman–Crippen LogP) is 3.32. The van der Waals surface area contributed by atoms with Crippen LogP contribution in [-0.2, 0) is 11.3 Å². The molecule has 0 fully saturated rings. The quantitative estimate of drug-likeness (QED) is 0.880. The minimum Gasteiger partial charge on any atom is -0.485 e. The smallest absolute Gasteiger partial charge is 0.244 e. The Bertz CT molecular complexity index is 714. The van der Waals surface area contributed by atoms with E-state index in [1.165, 1.54) is 6.08 Å². The number of para-hydroxylation sites is 1. The first kappa shape index (κ1) is 14.2. The first-order chi connectivity index (χ1) is 10.7. The molecule has 1 aromatic heterocycles. The van der Waals surface area contributed by atoms with Crippen molar-refractivity contribution in [3.63, 3.8) is 0 Å². The highest BCUT2D eigenvalue weighted by Gasteiger charge is 2.16. The van der Waals surface area contributed by atoms with Crippen molar-refractivity contribution in [1.29, 1.82) is 0 Å². The van der Waals surface area contributed by atoms with E-state index < -0.39 is 0 Å². The van der Waals surface area contributed by atoms with Gasteiger partial charge in [0.1, 0.15) is 17.6 Å². The monoisotopic (exact) mass is 295 g/mol. The molecule has 1 aliphatic heterocycles. The lowest BCUT2D eigenvalue weighted by Gasteiger charge is -2.22. The van der Waals surface area contributed by atoms with Crippen LogP contribution in [0.5, 0.6) is 5.75 Å². The predicted molar refractivity (Wildman–Crippen MR) is 84.2 cm³/mol. The van der Waals surface area contributed by atoms with Gasteiger partial charge >= 0.3 is 0 Å². The topological polar surface area (TPSA) is 51.5 Å². The molecule has 112 valence electrons. The van der Waals surface area contributed by atoms with Crippen molar-refractivity contribution in [2.75, 3.05) is 0 Å². The molecule has 4 heteroatoms. The number of hydrogen-bond donors (Lipinski definition) is 1. The highest BCUT2D eigenvalue weighted by molar-refractivity contribution is 5.88. The maximum Gasteiger partial charge on any atom is 0.244 e. The van der Waals surface area contributed by atoms with E-state index in [9.17, 15) is 4.79 Å². The first-order valence-electron chi connectivity index (χ1n) is 7.18. The van der Waals surface area contributed by atoms with Gasteiger partial charge in [-0.3, -0.25) is 4.79 Å². The zero-order valence-corrected chi connectivity index (χ0v) is 12.3. The standard InChI is InChI=1S/C18H17NO3/c1-13-14(11-15-5-2-3-7-17(15)22-13)8-9-18(20)19-12-16-6-4-10-21-16/h2-11,13H,12H2,1H3,(H,19,20). The molecule has 4 nitrogen and oxygen atoms in total. The summed E-state index contributed by atoms with van der Waals surface area (Å²) in [4.78, 5) is 11.8. The summed E-state index contributed by atoms with van der Waals surface area (Å²) >= 11 is 0. The average Bonchev–Trinajstić information content (AvgIpc) is 3.04. The summed E-state index contributed by atoms with van der Waals surface area (Å²) in [6.45, 7) is 2.34. The maximum absolute atomic E-state index is 11.8. The second-order valence-electron chi connectivity index (χ2n) is 5.07. The SMILES string of the molecule is CC1Oc2ccccc2C=C1C=CC(=O)NCc1ccco1. The molecule has 1 aromatic carbocycles. The van der Waals surface area contributed by atoms with Gasteiger partial charge in [-0.1, -0.05) is 18.2 Å². The van der Waals surface area contributed by atoms with E-state index in [1.807, 2.05) is 43.3 Å². The molecular weight excluding hydrogens is 278 g/mol. The molecule has 1 unspecified atom stereocenters. The Labute approximate surface area is 129 Å². The molecule has 0 bridgehead atoms. The minimum absolute atomic E-state index is 0.0796. The Morgan fingerprint density at radius 1 is 1.27 bits per heavy atom. The Balaban J connectivity index is 1.64. The average molecular weight is 295 g/mol. The highest BCUT2D eigenvalue weighted by atomic mass is 16.5. The Morgan fingerprint density at radius 3 is 2.95 bits per heavy atom. The molecule has 1 N–H and O–H groups in total. The fraction of sp³-hybridized carbons (Fsp3) is 0.167. The summed E-state index contributed by atoms with van der Waals surface area (Å²) in [6, 6.07) is 11.5. The van der Waals surface area contributed by atoms with Gasteiger partial charge in [0, 0.05) is 11.6 Å². The van der Waals surface area contributed by atoms with Gasteiger partial charge in [0.25, 0.3) is 0 Å². The van der Waals surface area contributed by atoms with Crippen LogP contribution < -0.4 is 10.1 Å². The Kier molecular flexibility index (Phi) is 4.10. The fourth-order valence-electron chi connectivity index (χ4n) is 2.26. The van der Waals surface area contributed by atoms with Crippen LogP contribution >= 0.6 is 0 Å². The third-order valence-electron chi connectivity index (χ3n) is 3.46. The molecule has 1 aliphatic rings. The van der Waals surface area contributed by atoms with E-state index in [0.29, 0.717) is 6.54 Å². The van der Waals surface area contributed by atoms with Gasteiger partial charge in [0.2, 0.25) is 5.91 Å². The molecule has 0 saturated heterocycles. The van der Waals surface area contributed by atoms with E-state index in [0.717, 1.165) is 22.6 Å². The normalized spacial score (nSPS) is 16.8. The largest absolute Gasteiger partial charge is 0.485 e. The second kappa shape index (κ2) is 6.35. The van der Waals surface area contributed by atoms with Crippen LogP contribution in [-0.4, -0.2) is 12.0 Å².